The van der Waals surface area contributed by atoms with Gasteiger partial charge in [-0.2, -0.15) is 0 Å². The largest absolute Gasteiger partial charge is 0.470 e. The molecule has 0 spiro atoms. The van der Waals surface area contributed by atoms with Gasteiger partial charge in [-0.15, -0.1) is 0 Å². The zero-order valence-corrected chi connectivity index (χ0v) is 13.6. The van der Waals surface area contributed by atoms with Gasteiger partial charge >= 0.3 is 0 Å². The van der Waals surface area contributed by atoms with Crippen LogP contribution in [0.4, 0.5) is 0 Å². The standard InChI is InChI=1S/C18H20N2O4/c1-12-7-8-14(23-12)18(21)20-11-15(17-13(20)5-4-10-22-17)24-16-6-2-3-9-19-16/h2-3,6-9,13,15,17H,4-5,10-11H2,1H3/t13-,15+,17+/m0/s1. The zero-order chi connectivity index (χ0) is 16.5. The lowest BCUT2D eigenvalue weighted by atomic mass is 10.0. The van der Waals surface area contributed by atoms with Gasteiger partial charge in [-0.05, 0) is 38.0 Å². The fraction of sp³-hybridized carbons (Fsp3) is 0.444. The molecule has 3 atom stereocenters. The van der Waals surface area contributed by atoms with E-state index >= 15 is 0 Å². The predicted molar refractivity (Wildman–Crippen MR) is 85.9 cm³/mol. The van der Waals surface area contributed by atoms with Gasteiger partial charge in [0.2, 0.25) is 5.88 Å². The Bertz CT molecular complexity index is 715. The molecule has 6 nitrogen and oxygen atoms in total. The molecule has 0 radical (unpaired) electrons. The Balaban J connectivity index is 1.56. The number of ether oxygens (including phenoxy) is 2. The lowest BCUT2D eigenvalue weighted by Gasteiger charge is -2.31. The van der Waals surface area contributed by atoms with Crippen LogP contribution >= 0.6 is 0 Å². The number of fused-ring (bicyclic) bond motifs is 1. The molecular formula is C18H20N2O4. The van der Waals surface area contributed by atoms with Crippen molar-refractivity contribution in [1.29, 1.82) is 0 Å². The van der Waals surface area contributed by atoms with E-state index in [0.717, 1.165) is 18.6 Å². The number of hydrogen-bond acceptors (Lipinski definition) is 5. The summed E-state index contributed by atoms with van der Waals surface area (Å²) in [6.45, 7) is 3.01. The molecule has 0 aromatic carbocycles. The fourth-order valence-corrected chi connectivity index (χ4v) is 3.51. The highest BCUT2D eigenvalue weighted by Crippen LogP contribution is 2.32. The molecule has 0 bridgehead atoms. The Kier molecular flexibility index (Phi) is 3.98. The molecule has 0 saturated carbocycles. The van der Waals surface area contributed by atoms with Crippen molar-refractivity contribution in [2.24, 2.45) is 0 Å². The number of pyridine rings is 1. The number of hydrogen-bond donors (Lipinski definition) is 0. The van der Waals surface area contributed by atoms with Crippen LogP contribution in [0.3, 0.4) is 0 Å². The van der Waals surface area contributed by atoms with Crippen LogP contribution in [0.1, 0.15) is 29.2 Å². The second kappa shape index (κ2) is 6.28. The molecule has 1 amide bonds. The molecule has 2 aromatic rings. The Morgan fingerprint density at radius 1 is 1.33 bits per heavy atom. The lowest BCUT2D eigenvalue weighted by Crippen LogP contribution is -2.44. The minimum Gasteiger partial charge on any atom is -0.470 e. The van der Waals surface area contributed by atoms with Gasteiger partial charge in [0.05, 0.1) is 12.6 Å². The molecule has 126 valence electrons. The summed E-state index contributed by atoms with van der Waals surface area (Å²) in [6, 6.07) is 9.09. The van der Waals surface area contributed by atoms with Crippen LogP contribution in [0.5, 0.6) is 5.88 Å². The van der Waals surface area contributed by atoms with Crippen molar-refractivity contribution in [3.63, 3.8) is 0 Å². The quantitative estimate of drug-likeness (QED) is 0.866. The third-order valence-corrected chi connectivity index (χ3v) is 4.60. The van der Waals surface area contributed by atoms with E-state index in [9.17, 15) is 4.79 Å². The van der Waals surface area contributed by atoms with Crippen molar-refractivity contribution in [3.05, 3.63) is 48.0 Å². The SMILES string of the molecule is Cc1ccc(C(=O)N2C[C@@H](Oc3ccccn3)[C@@H]3OCCC[C@@H]32)o1. The number of amides is 1. The van der Waals surface area contributed by atoms with Gasteiger partial charge in [0, 0.05) is 18.9 Å². The van der Waals surface area contributed by atoms with Gasteiger partial charge in [0.1, 0.15) is 18.0 Å². The fourth-order valence-electron chi connectivity index (χ4n) is 3.51. The van der Waals surface area contributed by atoms with Crippen LogP contribution in [0.15, 0.2) is 40.9 Å². The average molecular weight is 328 g/mol. The summed E-state index contributed by atoms with van der Waals surface area (Å²) < 4.78 is 17.4. The molecule has 4 rings (SSSR count). The Hall–Kier alpha value is -2.34. The minimum atomic E-state index is -0.217. The molecule has 2 aliphatic rings. The minimum absolute atomic E-state index is 0.0189. The first-order valence-corrected chi connectivity index (χ1v) is 8.29. The second-order valence-electron chi connectivity index (χ2n) is 6.24. The van der Waals surface area contributed by atoms with E-state index in [-0.39, 0.29) is 24.2 Å². The number of nitrogens with zero attached hydrogens (tertiary/aromatic N) is 2. The monoisotopic (exact) mass is 328 g/mol. The highest BCUT2D eigenvalue weighted by molar-refractivity contribution is 5.92. The number of furan rings is 1. The lowest BCUT2D eigenvalue weighted by molar-refractivity contribution is -0.0456. The summed E-state index contributed by atoms with van der Waals surface area (Å²) in [6.07, 6.45) is 3.21. The molecule has 0 unspecified atom stereocenters. The molecule has 24 heavy (non-hydrogen) atoms. The molecule has 0 aliphatic carbocycles. The van der Waals surface area contributed by atoms with Crippen LogP contribution in [-0.2, 0) is 4.74 Å². The molecule has 2 aromatic heterocycles. The van der Waals surface area contributed by atoms with Crippen LogP contribution in [0.25, 0.3) is 0 Å². The number of aromatic nitrogens is 1. The predicted octanol–water partition coefficient (Wildman–Crippen LogP) is 2.43. The summed E-state index contributed by atoms with van der Waals surface area (Å²) in [5.74, 6) is 1.56. The van der Waals surface area contributed by atoms with Gasteiger partial charge in [-0.1, -0.05) is 6.07 Å². The molecule has 2 saturated heterocycles. The van der Waals surface area contributed by atoms with E-state index in [1.165, 1.54) is 0 Å². The van der Waals surface area contributed by atoms with Crippen molar-refractivity contribution in [2.45, 2.75) is 38.0 Å². The second-order valence-corrected chi connectivity index (χ2v) is 6.24. The molecular weight excluding hydrogens is 308 g/mol. The first-order valence-electron chi connectivity index (χ1n) is 8.29. The smallest absolute Gasteiger partial charge is 0.290 e. The summed E-state index contributed by atoms with van der Waals surface area (Å²) in [7, 11) is 0. The molecule has 2 aliphatic heterocycles. The van der Waals surface area contributed by atoms with Crippen molar-refractivity contribution < 1.29 is 18.7 Å². The Morgan fingerprint density at radius 3 is 3.00 bits per heavy atom. The summed E-state index contributed by atoms with van der Waals surface area (Å²) in [5.41, 5.74) is 0. The van der Waals surface area contributed by atoms with Crippen LogP contribution < -0.4 is 4.74 Å². The van der Waals surface area contributed by atoms with E-state index in [0.29, 0.717) is 24.8 Å². The van der Waals surface area contributed by atoms with Crippen molar-refractivity contribution in [2.75, 3.05) is 13.2 Å². The van der Waals surface area contributed by atoms with Crippen molar-refractivity contribution in [3.8, 4) is 5.88 Å². The summed E-state index contributed by atoms with van der Waals surface area (Å²) >= 11 is 0. The van der Waals surface area contributed by atoms with E-state index in [1.807, 2.05) is 30.0 Å². The van der Waals surface area contributed by atoms with Gasteiger partial charge in [0.25, 0.3) is 5.91 Å². The highest BCUT2D eigenvalue weighted by Gasteiger charge is 2.48. The normalized spacial score (nSPS) is 26.2. The van der Waals surface area contributed by atoms with E-state index in [1.54, 1.807) is 18.3 Å². The van der Waals surface area contributed by atoms with Gasteiger partial charge < -0.3 is 18.8 Å². The van der Waals surface area contributed by atoms with Gasteiger partial charge in [-0.25, -0.2) is 4.98 Å². The van der Waals surface area contributed by atoms with Crippen LogP contribution in [0.2, 0.25) is 0 Å². The number of carbonyl (C=O) groups excluding carboxylic acids is 1. The topological polar surface area (TPSA) is 64.8 Å². The van der Waals surface area contributed by atoms with Crippen LogP contribution in [-0.4, -0.2) is 47.2 Å². The van der Waals surface area contributed by atoms with Crippen molar-refractivity contribution in [1.82, 2.24) is 9.88 Å². The van der Waals surface area contributed by atoms with E-state index in [2.05, 4.69) is 4.98 Å². The highest BCUT2D eigenvalue weighted by atomic mass is 16.5. The third-order valence-electron chi connectivity index (χ3n) is 4.60. The number of aryl methyl sites for hydroxylation is 1. The molecule has 0 N–H and O–H groups in total. The molecule has 4 heterocycles. The number of likely N-dealkylation sites (tertiary alicyclic amines) is 1. The number of rotatable bonds is 3. The average Bonchev–Trinajstić information content (AvgIpc) is 3.20. The maximum absolute atomic E-state index is 12.8. The first-order chi connectivity index (χ1) is 11.7. The zero-order valence-electron chi connectivity index (χ0n) is 13.6. The first kappa shape index (κ1) is 15.2. The molecule has 6 heteroatoms. The Morgan fingerprint density at radius 2 is 2.25 bits per heavy atom. The van der Waals surface area contributed by atoms with Crippen molar-refractivity contribution >= 4 is 5.91 Å². The molecule has 2 fully saturated rings. The maximum atomic E-state index is 12.8. The number of carbonyl (C=O) groups is 1. The van der Waals surface area contributed by atoms with E-state index < -0.39 is 0 Å². The summed E-state index contributed by atoms with van der Waals surface area (Å²) in [4.78, 5) is 18.9. The van der Waals surface area contributed by atoms with E-state index in [4.69, 9.17) is 13.9 Å². The summed E-state index contributed by atoms with van der Waals surface area (Å²) in [5, 5.41) is 0. The maximum Gasteiger partial charge on any atom is 0.290 e. The van der Waals surface area contributed by atoms with Gasteiger partial charge in [-0.3, -0.25) is 4.79 Å². The van der Waals surface area contributed by atoms with Crippen LogP contribution in [0, 0.1) is 6.92 Å². The Labute approximate surface area is 140 Å². The van der Waals surface area contributed by atoms with Gasteiger partial charge in [0.15, 0.2) is 5.76 Å². The third kappa shape index (κ3) is 2.78.